The van der Waals surface area contributed by atoms with Crippen LogP contribution >= 0.6 is 11.8 Å². The highest BCUT2D eigenvalue weighted by molar-refractivity contribution is 7.98. The van der Waals surface area contributed by atoms with E-state index >= 15 is 0 Å². The summed E-state index contributed by atoms with van der Waals surface area (Å²) in [5.41, 5.74) is 1.94. The van der Waals surface area contributed by atoms with Crippen molar-refractivity contribution in [1.82, 2.24) is 5.32 Å². The standard InChI is InChI=1S/C15H24N2O2S/c1-10(2)14(18)9-16-15(19)17-13-7-5-6-12(8-13)11(3)20-4/h5-8,10-11,14,18H,9H2,1-4H3,(H2,16,17,19). The van der Waals surface area contributed by atoms with Gasteiger partial charge in [-0.15, -0.1) is 0 Å². The first kappa shape index (κ1) is 16.9. The summed E-state index contributed by atoms with van der Waals surface area (Å²) in [6, 6.07) is 7.51. The molecule has 0 fully saturated rings. The molecule has 1 rings (SSSR count). The van der Waals surface area contributed by atoms with Gasteiger partial charge in [0.2, 0.25) is 0 Å². The van der Waals surface area contributed by atoms with Crippen molar-refractivity contribution in [1.29, 1.82) is 0 Å². The highest BCUT2D eigenvalue weighted by Gasteiger charge is 2.11. The topological polar surface area (TPSA) is 61.4 Å². The van der Waals surface area contributed by atoms with Gasteiger partial charge in [-0.3, -0.25) is 0 Å². The van der Waals surface area contributed by atoms with E-state index in [0.717, 1.165) is 5.69 Å². The Morgan fingerprint density at radius 2 is 2.05 bits per heavy atom. The van der Waals surface area contributed by atoms with Crippen molar-refractivity contribution in [3.8, 4) is 0 Å². The first-order valence-corrected chi connectivity index (χ1v) is 8.08. The van der Waals surface area contributed by atoms with Crippen LogP contribution in [0.5, 0.6) is 0 Å². The third-order valence-electron chi connectivity index (χ3n) is 3.21. The number of urea groups is 1. The average molecular weight is 296 g/mol. The maximum atomic E-state index is 11.8. The van der Waals surface area contributed by atoms with Gasteiger partial charge in [-0.1, -0.05) is 26.0 Å². The van der Waals surface area contributed by atoms with Crippen LogP contribution in [0.4, 0.5) is 10.5 Å². The summed E-state index contributed by atoms with van der Waals surface area (Å²) in [4.78, 5) is 11.8. The molecule has 3 N–H and O–H groups in total. The van der Waals surface area contributed by atoms with Gasteiger partial charge in [-0.2, -0.15) is 11.8 Å². The molecule has 2 unspecified atom stereocenters. The molecule has 0 aromatic heterocycles. The van der Waals surface area contributed by atoms with Gasteiger partial charge < -0.3 is 15.7 Å². The molecule has 2 atom stereocenters. The lowest BCUT2D eigenvalue weighted by Gasteiger charge is -2.16. The second kappa shape index (κ2) is 8.17. The zero-order valence-electron chi connectivity index (χ0n) is 12.5. The third kappa shape index (κ3) is 5.43. The number of thioether (sulfide) groups is 1. The van der Waals surface area contributed by atoms with Crippen LogP contribution in [0.1, 0.15) is 31.6 Å². The minimum absolute atomic E-state index is 0.126. The van der Waals surface area contributed by atoms with E-state index in [2.05, 4.69) is 23.8 Å². The van der Waals surface area contributed by atoms with E-state index in [4.69, 9.17) is 0 Å². The summed E-state index contributed by atoms with van der Waals surface area (Å²) < 4.78 is 0. The number of nitrogens with one attached hydrogen (secondary N) is 2. The number of carbonyl (C=O) groups excluding carboxylic acids is 1. The van der Waals surface area contributed by atoms with Gasteiger partial charge in [0.25, 0.3) is 0 Å². The summed E-state index contributed by atoms with van der Waals surface area (Å²) >= 11 is 1.76. The van der Waals surface area contributed by atoms with Crippen LogP contribution in [0.15, 0.2) is 24.3 Å². The summed E-state index contributed by atoms with van der Waals surface area (Å²) in [7, 11) is 0. The predicted octanol–water partition coefficient (Wildman–Crippen LogP) is 3.25. The SMILES string of the molecule is CSC(C)c1cccc(NC(=O)NCC(O)C(C)C)c1. The molecular formula is C15H24N2O2S. The fourth-order valence-electron chi connectivity index (χ4n) is 1.61. The molecule has 0 spiro atoms. The number of aliphatic hydroxyl groups excluding tert-OH is 1. The van der Waals surface area contributed by atoms with Gasteiger partial charge in [-0.25, -0.2) is 4.79 Å². The van der Waals surface area contributed by atoms with Crippen molar-refractivity contribution in [3.63, 3.8) is 0 Å². The van der Waals surface area contributed by atoms with Crippen molar-refractivity contribution in [2.24, 2.45) is 5.92 Å². The number of hydrogen-bond donors (Lipinski definition) is 3. The number of benzene rings is 1. The molecule has 2 amide bonds. The molecule has 0 saturated carbocycles. The maximum absolute atomic E-state index is 11.8. The van der Waals surface area contributed by atoms with Crippen molar-refractivity contribution >= 4 is 23.5 Å². The molecule has 1 aromatic rings. The van der Waals surface area contributed by atoms with E-state index in [1.807, 2.05) is 38.1 Å². The number of anilines is 1. The van der Waals surface area contributed by atoms with E-state index < -0.39 is 6.10 Å². The predicted molar refractivity (Wildman–Crippen MR) is 86.2 cm³/mol. The second-order valence-electron chi connectivity index (χ2n) is 5.15. The van der Waals surface area contributed by atoms with Gasteiger partial charge in [-0.05, 0) is 36.8 Å². The molecule has 1 aromatic carbocycles. The molecule has 112 valence electrons. The number of carbonyl (C=O) groups is 1. The Balaban J connectivity index is 2.54. The van der Waals surface area contributed by atoms with Crippen LogP contribution in [0.3, 0.4) is 0 Å². The van der Waals surface area contributed by atoms with Crippen molar-refractivity contribution in [2.45, 2.75) is 32.1 Å². The van der Waals surface area contributed by atoms with Crippen LogP contribution in [0.2, 0.25) is 0 Å². The molecule has 0 aliphatic carbocycles. The Labute approximate surface area is 125 Å². The Bertz CT molecular complexity index is 438. The summed E-state index contributed by atoms with van der Waals surface area (Å²) in [6.07, 6.45) is 1.54. The Morgan fingerprint density at radius 3 is 2.65 bits per heavy atom. The lowest BCUT2D eigenvalue weighted by molar-refractivity contribution is 0.126. The van der Waals surface area contributed by atoms with E-state index in [9.17, 15) is 9.90 Å². The third-order valence-corrected chi connectivity index (χ3v) is 4.19. The number of amides is 2. The van der Waals surface area contributed by atoms with E-state index in [1.54, 1.807) is 11.8 Å². The molecule has 0 aliphatic heterocycles. The van der Waals surface area contributed by atoms with Crippen molar-refractivity contribution in [3.05, 3.63) is 29.8 Å². The fraction of sp³-hybridized carbons (Fsp3) is 0.533. The Morgan fingerprint density at radius 1 is 1.35 bits per heavy atom. The summed E-state index contributed by atoms with van der Waals surface area (Å²) in [5, 5.41) is 15.5. The first-order chi connectivity index (χ1) is 9.43. The van der Waals surface area contributed by atoms with Gasteiger partial charge >= 0.3 is 6.03 Å². The van der Waals surface area contributed by atoms with Crippen molar-refractivity contribution < 1.29 is 9.90 Å². The minimum Gasteiger partial charge on any atom is -0.391 e. The number of rotatable bonds is 6. The summed E-state index contributed by atoms with van der Waals surface area (Å²) in [6.45, 7) is 6.21. The summed E-state index contributed by atoms with van der Waals surface area (Å²) in [5.74, 6) is 0.126. The molecule has 0 saturated heterocycles. The molecule has 20 heavy (non-hydrogen) atoms. The van der Waals surface area contributed by atoms with Crippen LogP contribution < -0.4 is 10.6 Å². The van der Waals surface area contributed by atoms with Gasteiger partial charge in [0.1, 0.15) is 0 Å². The van der Waals surface area contributed by atoms with E-state index in [1.165, 1.54) is 5.56 Å². The van der Waals surface area contributed by atoms with E-state index in [0.29, 0.717) is 5.25 Å². The first-order valence-electron chi connectivity index (χ1n) is 6.79. The van der Waals surface area contributed by atoms with Gasteiger partial charge in [0.15, 0.2) is 0 Å². The largest absolute Gasteiger partial charge is 0.391 e. The maximum Gasteiger partial charge on any atom is 0.319 e. The molecular weight excluding hydrogens is 272 g/mol. The molecule has 0 heterocycles. The fourth-order valence-corrected chi connectivity index (χ4v) is 2.03. The van der Waals surface area contributed by atoms with Crippen LogP contribution in [-0.2, 0) is 0 Å². The lowest BCUT2D eigenvalue weighted by atomic mass is 10.1. The van der Waals surface area contributed by atoms with Crippen LogP contribution in [0, 0.1) is 5.92 Å². The number of hydrogen-bond acceptors (Lipinski definition) is 3. The molecule has 4 nitrogen and oxygen atoms in total. The van der Waals surface area contributed by atoms with Crippen molar-refractivity contribution in [2.75, 3.05) is 18.1 Å². The van der Waals surface area contributed by atoms with Gasteiger partial charge in [0.05, 0.1) is 6.10 Å². The molecule has 0 radical (unpaired) electrons. The van der Waals surface area contributed by atoms with Crippen LogP contribution in [-0.4, -0.2) is 30.0 Å². The number of aliphatic hydroxyl groups is 1. The smallest absolute Gasteiger partial charge is 0.319 e. The van der Waals surface area contributed by atoms with Crippen LogP contribution in [0.25, 0.3) is 0 Å². The minimum atomic E-state index is -0.524. The van der Waals surface area contributed by atoms with E-state index in [-0.39, 0.29) is 18.5 Å². The van der Waals surface area contributed by atoms with Gasteiger partial charge in [0, 0.05) is 17.5 Å². The zero-order chi connectivity index (χ0) is 15.1. The zero-order valence-corrected chi connectivity index (χ0v) is 13.3. The molecule has 0 aliphatic rings. The lowest BCUT2D eigenvalue weighted by Crippen LogP contribution is -2.37. The highest BCUT2D eigenvalue weighted by Crippen LogP contribution is 2.27. The second-order valence-corrected chi connectivity index (χ2v) is 6.33. The molecule has 0 bridgehead atoms. The highest BCUT2D eigenvalue weighted by atomic mass is 32.2. The average Bonchev–Trinajstić information content (AvgIpc) is 2.43. The quantitative estimate of drug-likeness (QED) is 0.755. The Kier molecular flexibility index (Phi) is 6.88. The molecule has 5 heteroatoms. The Hall–Kier alpha value is -1.20. The normalized spacial score (nSPS) is 13.9. The monoisotopic (exact) mass is 296 g/mol.